The maximum atomic E-state index is 14.6. The van der Waals surface area contributed by atoms with Crippen LogP contribution >= 0.6 is 0 Å². The van der Waals surface area contributed by atoms with Crippen LogP contribution in [0.2, 0.25) is 0 Å². The molecule has 0 saturated carbocycles. The second-order valence-electron chi connectivity index (χ2n) is 9.29. The van der Waals surface area contributed by atoms with Crippen LogP contribution in [0, 0.1) is 12.7 Å². The molecule has 1 saturated heterocycles. The second kappa shape index (κ2) is 9.15. The average Bonchev–Trinajstić information content (AvgIpc) is 3.18. The molecule has 1 aromatic carbocycles. The standard InChI is InChI=1S/C25H27FN8O2/c1-13-9-33(10-14(2)28-13)21-6-5-18(22-19(21)8-27-25(32-22)30-16(4)35)24(36)31-17-7-20(26)23-29-15(3)11-34(23)12-17/h5-8,11-14,28H,9-10H2,1-4H3,(H,31,36)(H,27,30,32,35)/t13-,14+. The molecule has 4 heterocycles. The highest BCUT2D eigenvalue weighted by Gasteiger charge is 2.25. The van der Waals surface area contributed by atoms with Crippen LogP contribution < -0.4 is 20.9 Å². The summed E-state index contributed by atoms with van der Waals surface area (Å²) in [6.07, 6.45) is 4.91. The number of anilines is 3. The number of imidazole rings is 1. The molecule has 36 heavy (non-hydrogen) atoms. The lowest BCUT2D eigenvalue weighted by molar-refractivity contribution is -0.114. The molecule has 0 bridgehead atoms. The van der Waals surface area contributed by atoms with Gasteiger partial charge in [0.05, 0.1) is 22.5 Å². The summed E-state index contributed by atoms with van der Waals surface area (Å²) in [4.78, 5) is 40.2. The molecule has 0 aliphatic carbocycles. The zero-order chi connectivity index (χ0) is 25.6. The van der Waals surface area contributed by atoms with Crippen molar-refractivity contribution in [2.24, 2.45) is 0 Å². The molecule has 2 amide bonds. The Hall–Kier alpha value is -4.12. The largest absolute Gasteiger partial charge is 0.368 e. The highest BCUT2D eigenvalue weighted by molar-refractivity contribution is 6.14. The minimum atomic E-state index is -0.543. The number of pyridine rings is 1. The van der Waals surface area contributed by atoms with E-state index in [4.69, 9.17) is 0 Å². The number of benzene rings is 1. The van der Waals surface area contributed by atoms with Crippen LogP contribution in [0.5, 0.6) is 0 Å². The van der Waals surface area contributed by atoms with E-state index in [2.05, 4.69) is 49.6 Å². The summed E-state index contributed by atoms with van der Waals surface area (Å²) in [7, 11) is 0. The second-order valence-corrected chi connectivity index (χ2v) is 9.29. The molecule has 0 unspecified atom stereocenters. The summed E-state index contributed by atoms with van der Waals surface area (Å²) >= 11 is 0. The first-order valence-electron chi connectivity index (χ1n) is 11.7. The zero-order valence-corrected chi connectivity index (χ0v) is 20.5. The van der Waals surface area contributed by atoms with Crippen molar-refractivity contribution in [1.29, 1.82) is 0 Å². The molecule has 3 N–H and O–H groups in total. The van der Waals surface area contributed by atoms with Gasteiger partial charge in [0.1, 0.15) is 0 Å². The van der Waals surface area contributed by atoms with Crippen LogP contribution in [0.4, 0.5) is 21.7 Å². The minimum Gasteiger partial charge on any atom is -0.368 e. The Kier molecular flexibility index (Phi) is 6.00. The predicted molar refractivity (Wildman–Crippen MR) is 136 cm³/mol. The monoisotopic (exact) mass is 490 g/mol. The third-order valence-electron chi connectivity index (χ3n) is 6.04. The Morgan fingerprint density at radius 1 is 1.11 bits per heavy atom. The number of rotatable bonds is 4. The lowest BCUT2D eigenvalue weighted by Crippen LogP contribution is -2.54. The van der Waals surface area contributed by atoms with Crippen LogP contribution in [0.25, 0.3) is 16.6 Å². The Balaban J connectivity index is 1.56. The SMILES string of the molecule is CC(=O)Nc1ncc2c(N3C[C@@H](C)N[C@@H](C)C3)ccc(C(=O)Nc3cc(F)c4nc(C)cn4c3)c2n1. The van der Waals surface area contributed by atoms with E-state index in [9.17, 15) is 14.0 Å². The molecule has 2 atom stereocenters. The maximum absolute atomic E-state index is 14.6. The van der Waals surface area contributed by atoms with Crippen LogP contribution in [0.1, 0.15) is 36.8 Å². The molecule has 10 nitrogen and oxygen atoms in total. The molecule has 3 aromatic heterocycles. The number of carbonyl (C=O) groups excluding carboxylic acids is 2. The van der Waals surface area contributed by atoms with Gasteiger partial charge in [-0.15, -0.1) is 0 Å². The molecule has 0 spiro atoms. The van der Waals surface area contributed by atoms with Crippen molar-refractivity contribution in [2.75, 3.05) is 28.6 Å². The smallest absolute Gasteiger partial charge is 0.257 e. The minimum absolute atomic E-state index is 0.101. The molecule has 4 aromatic rings. The first kappa shape index (κ1) is 23.6. The third kappa shape index (κ3) is 4.57. The maximum Gasteiger partial charge on any atom is 0.257 e. The summed E-state index contributed by atoms with van der Waals surface area (Å²) < 4.78 is 16.1. The van der Waals surface area contributed by atoms with Gasteiger partial charge in [0.25, 0.3) is 5.91 Å². The lowest BCUT2D eigenvalue weighted by atomic mass is 10.0. The number of hydrogen-bond acceptors (Lipinski definition) is 7. The fraction of sp³-hybridized carbons (Fsp3) is 0.320. The van der Waals surface area contributed by atoms with Gasteiger partial charge in [-0.25, -0.2) is 19.3 Å². The van der Waals surface area contributed by atoms with E-state index in [1.807, 2.05) is 6.07 Å². The number of nitrogens with zero attached hydrogens (tertiary/aromatic N) is 5. The number of amides is 2. The molecular formula is C25H27FN8O2. The van der Waals surface area contributed by atoms with Gasteiger partial charge in [0.15, 0.2) is 11.5 Å². The van der Waals surface area contributed by atoms with Gasteiger partial charge in [-0.3, -0.25) is 14.9 Å². The highest BCUT2D eigenvalue weighted by Crippen LogP contribution is 2.31. The van der Waals surface area contributed by atoms with Crippen molar-refractivity contribution in [3.63, 3.8) is 0 Å². The van der Waals surface area contributed by atoms with E-state index < -0.39 is 11.7 Å². The van der Waals surface area contributed by atoms with Gasteiger partial charge in [0, 0.05) is 67.8 Å². The topological polar surface area (TPSA) is 117 Å². The Labute approximate surface area is 206 Å². The van der Waals surface area contributed by atoms with Crippen LogP contribution in [-0.4, -0.2) is 56.3 Å². The van der Waals surface area contributed by atoms with Crippen molar-refractivity contribution < 1.29 is 14.0 Å². The molecular weight excluding hydrogens is 463 g/mol. The number of fused-ring (bicyclic) bond motifs is 2. The van der Waals surface area contributed by atoms with E-state index in [1.165, 1.54) is 17.4 Å². The number of piperazine rings is 1. The molecule has 1 fully saturated rings. The van der Waals surface area contributed by atoms with E-state index in [-0.39, 0.29) is 40.8 Å². The van der Waals surface area contributed by atoms with E-state index >= 15 is 0 Å². The number of halogens is 1. The molecule has 186 valence electrons. The van der Waals surface area contributed by atoms with Gasteiger partial charge in [-0.1, -0.05) is 0 Å². The average molecular weight is 491 g/mol. The number of aryl methyl sites for hydroxylation is 1. The van der Waals surface area contributed by atoms with Gasteiger partial charge in [-0.05, 0) is 32.9 Å². The van der Waals surface area contributed by atoms with Crippen molar-refractivity contribution in [2.45, 2.75) is 39.8 Å². The molecule has 1 aliphatic rings. The Bertz CT molecular complexity index is 1490. The fourth-order valence-electron chi connectivity index (χ4n) is 4.75. The molecule has 1 aliphatic heterocycles. The van der Waals surface area contributed by atoms with Gasteiger partial charge < -0.3 is 19.9 Å². The molecule has 0 radical (unpaired) electrons. The van der Waals surface area contributed by atoms with Crippen LogP contribution in [-0.2, 0) is 4.79 Å². The summed E-state index contributed by atoms with van der Waals surface area (Å²) in [5.41, 5.74) is 2.70. The molecule has 11 heteroatoms. The van der Waals surface area contributed by atoms with Crippen LogP contribution in [0.3, 0.4) is 0 Å². The number of carbonyl (C=O) groups is 2. The third-order valence-corrected chi connectivity index (χ3v) is 6.04. The van der Waals surface area contributed by atoms with Gasteiger partial charge >= 0.3 is 0 Å². The zero-order valence-electron chi connectivity index (χ0n) is 20.5. The van der Waals surface area contributed by atoms with Crippen molar-refractivity contribution in [3.8, 4) is 0 Å². The quantitative estimate of drug-likeness (QED) is 0.402. The fourth-order valence-corrected chi connectivity index (χ4v) is 4.75. The van der Waals surface area contributed by atoms with Crippen LogP contribution in [0.15, 0.2) is 36.8 Å². The summed E-state index contributed by atoms with van der Waals surface area (Å²) in [5, 5.41) is 9.54. The first-order chi connectivity index (χ1) is 17.2. The Morgan fingerprint density at radius 3 is 2.58 bits per heavy atom. The number of hydrogen-bond donors (Lipinski definition) is 3. The van der Waals surface area contributed by atoms with Crippen molar-refractivity contribution in [3.05, 3.63) is 53.9 Å². The highest BCUT2D eigenvalue weighted by atomic mass is 19.1. The van der Waals surface area contributed by atoms with Gasteiger partial charge in [-0.2, -0.15) is 0 Å². The van der Waals surface area contributed by atoms with E-state index in [0.29, 0.717) is 16.6 Å². The predicted octanol–water partition coefficient (Wildman–Crippen LogP) is 3.12. The lowest BCUT2D eigenvalue weighted by Gasteiger charge is -2.38. The first-order valence-corrected chi connectivity index (χ1v) is 11.7. The Morgan fingerprint density at radius 2 is 1.86 bits per heavy atom. The van der Waals surface area contributed by atoms with Gasteiger partial charge in [0.2, 0.25) is 11.9 Å². The summed E-state index contributed by atoms with van der Waals surface area (Å²) in [5.74, 6) is -1.22. The summed E-state index contributed by atoms with van der Waals surface area (Å²) in [6, 6.07) is 5.38. The number of nitrogens with one attached hydrogen (secondary N) is 3. The number of aromatic nitrogens is 4. The van der Waals surface area contributed by atoms with Crippen molar-refractivity contribution in [1.82, 2.24) is 24.7 Å². The summed E-state index contributed by atoms with van der Waals surface area (Å²) in [6.45, 7) is 8.93. The normalized spacial score (nSPS) is 18.0. The van der Waals surface area contributed by atoms with E-state index in [0.717, 1.165) is 18.8 Å². The van der Waals surface area contributed by atoms with Crippen molar-refractivity contribution >= 4 is 45.7 Å². The van der Waals surface area contributed by atoms with E-state index in [1.54, 1.807) is 31.6 Å². The molecule has 5 rings (SSSR count).